The molecule has 1 saturated heterocycles. The molecule has 1 unspecified atom stereocenters. The predicted molar refractivity (Wildman–Crippen MR) is 76.3 cm³/mol. The summed E-state index contributed by atoms with van der Waals surface area (Å²) in [4.78, 5) is 2.43. The largest absolute Gasteiger partial charge is 0.479 e. The number of hydrogen-bond acceptors (Lipinski definition) is 4. The van der Waals surface area contributed by atoms with E-state index in [1.54, 1.807) is 0 Å². The Balaban J connectivity index is 1.81. The molecular formula is C15H21N3O. The van der Waals surface area contributed by atoms with Gasteiger partial charge in [-0.25, -0.2) is 0 Å². The van der Waals surface area contributed by atoms with Gasteiger partial charge in [0.15, 0.2) is 6.61 Å². The standard InChI is InChI=1S/C15H21N3O/c1-18-10-3-2-4-14(18)12-17-13-5-7-15(8-6-13)19-11-9-16/h5-8,14,17H,2-4,10-12H2,1H3. The second-order valence-corrected chi connectivity index (χ2v) is 4.98. The number of nitriles is 1. The first-order valence-electron chi connectivity index (χ1n) is 6.83. The first kappa shape index (κ1) is 13.7. The van der Waals surface area contributed by atoms with Crippen LogP contribution in [0, 0.1) is 11.3 Å². The number of likely N-dealkylation sites (N-methyl/N-ethyl adjacent to an activating group) is 1. The maximum atomic E-state index is 8.44. The lowest BCUT2D eigenvalue weighted by Crippen LogP contribution is -2.40. The molecule has 0 aliphatic carbocycles. The number of hydrogen-bond donors (Lipinski definition) is 1. The van der Waals surface area contributed by atoms with E-state index < -0.39 is 0 Å². The third-order valence-corrected chi connectivity index (χ3v) is 3.62. The summed E-state index contributed by atoms with van der Waals surface area (Å²) in [5, 5.41) is 11.9. The van der Waals surface area contributed by atoms with E-state index in [-0.39, 0.29) is 6.61 Å². The molecule has 1 fully saturated rings. The van der Waals surface area contributed by atoms with Gasteiger partial charge in [-0.05, 0) is 50.7 Å². The number of anilines is 1. The molecule has 1 heterocycles. The van der Waals surface area contributed by atoms with Gasteiger partial charge in [0.1, 0.15) is 11.8 Å². The van der Waals surface area contributed by atoms with E-state index in [2.05, 4.69) is 17.3 Å². The minimum Gasteiger partial charge on any atom is -0.479 e. The summed E-state index contributed by atoms with van der Waals surface area (Å²) in [7, 11) is 2.20. The number of rotatable bonds is 5. The molecule has 0 aromatic heterocycles. The third-order valence-electron chi connectivity index (χ3n) is 3.62. The van der Waals surface area contributed by atoms with Crippen LogP contribution in [0.15, 0.2) is 24.3 Å². The summed E-state index contributed by atoms with van der Waals surface area (Å²) in [6.45, 7) is 2.28. The molecule has 4 heteroatoms. The maximum Gasteiger partial charge on any atom is 0.174 e. The van der Waals surface area contributed by atoms with Crippen LogP contribution in [0.3, 0.4) is 0 Å². The second kappa shape index (κ2) is 7.01. The minimum atomic E-state index is 0.0969. The number of nitrogens with one attached hydrogen (secondary N) is 1. The molecule has 1 aliphatic heterocycles. The molecule has 4 nitrogen and oxygen atoms in total. The Labute approximate surface area is 115 Å². The monoisotopic (exact) mass is 259 g/mol. The van der Waals surface area contributed by atoms with Crippen molar-refractivity contribution in [3.63, 3.8) is 0 Å². The lowest BCUT2D eigenvalue weighted by atomic mass is 10.0. The Morgan fingerprint density at radius 1 is 1.37 bits per heavy atom. The van der Waals surface area contributed by atoms with Crippen LogP contribution in [0.2, 0.25) is 0 Å². The molecule has 1 aromatic carbocycles. The fraction of sp³-hybridized carbons (Fsp3) is 0.533. The summed E-state index contributed by atoms with van der Waals surface area (Å²) in [5.74, 6) is 0.738. The lowest BCUT2D eigenvalue weighted by Gasteiger charge is -2.32. The Bertz CT molecular complexity index is 424. The average molecular weight is 259 g/mol. The smallest absolute Gasteiger partial charge is 0.174 e. The number of benzene rings is 1. The molecule has 1 atom stereocenters. The van der Waals surface area contributed by atoms with Gasteiger partial charge in [-0.1, -0.05) is 6.42 Å². The van der Waals surface area contributed by atoms with E-state index in [0.29, 0.717) is 6.04 Å². The van der Waals surface area contributed by atoms with Crippen LogP contribution in [0.5, 0.6) is 5.75 Å². The van der Waals surface area contributed by atoms with Crippen molar-refractivity contribution in [3.05, 3.63) is 24.3 Å². The van der Waals surface area contributed by atoms with Gasteiger partial charge in [0, 0.05) is 18.3 Å². The molecule has 1 aromatic rings. The molecule has 0 amide bonds. The molecule has 0 saturated carbocycles. The van der Waals surface area contributed by atoms with Crippen molar-refractivity contribution in [2.75, 3.05) is 32.1 Å². The SMILES string of the molecule is CN1CCCCC1CNc1ccc(OCC#N)cc1. The highest BCUT2D eigenvalue weighted by molar-refractivity contribution is 5.46. The van der Waals surface area contributed by atoms with E-state index >= 15 is 0 Å². The van der Waals surface area contributed by atoms with Crippen LogP contribution >= 0.6 is 0 Å². The predicted octanol–water partition coefficient (Wildman–Crippen LogP) is 2.49. The van der Waals surface area contributed by atoms with Gasteiger partial charge in [-0.2, -0.15) is 5.26 Å². The zero-order chi connectivity index (χ0) is 13.5. The lowest BCUT2D eigenvalue weighted by molar-refractivity contribution is 0.194. The zero-order valence-corrected chi connectivity index (χ0v) is 11.4. The van der Waals surface area contributed by atoms with Gasteiger partial charge < -0.3 is 15.0 Å². The number of likely N-dealkylation sites (tertiary alicyclic amines) is 1. The quantitative estimate of drug-likeness (QED) is 0.882. The average Bonchev–Trinajstić information content (AvgIpc) is 2.45. The molecule has 2 rings (SSSR count). The molecule has 0 spiro atoms. The molecule has 0 bridgehead atoms. The van der Waals surface area contributed by atoms with E-state index in [4.69, 9.17) is 10.00 Å². The summed E-state index contributed by atoms with van der Waals surface area (Å²) >= 11 is 0. The van der Waals surface area contributed by atoms with Crippen LogP contribution in [-0.2, 0) is 0 Å². The van der Waals surface area contributed by atoms with E-state index in [1.807, 2.05) is 30.3 Å². The Morgan fingerprint density at radius 2 is 2.16 bits per heavy atom. The molecule has 102 valence electrons. The Morgan fingerprint density at radius 3 is 2.84 bits per heavy atom. The van der Waals surface area contributed by atoms with Gasteiger partial charge >= 0.3 is 0 Å². The van der Waals surface area contributed by atoms with E-state index in [0.717, 1.165) is 18.0 Å². The maximum absolute atomic E-state index is 8.44. The van der Waals surface area contributed by atoms with Crippen LogP contribution < -0.4 is 10.1 Å². The van der Waals surface area contributed by atoms with Crippen molar-refractivity contribution in [1.82, 2.24) is 4.90 Å². The number of piperidine rings is 1. The van der Waals surface area contributed by atoms with E-state index in [1.165, 1.54) is 25.8 Å². The Hall–Kier alpha value is -1.73. The molecule has 1 aliphatic rings. The van der Waals surface area contributed by atoms with Crippen LogP contribution in [0.1, 0.15) is 19.3 Å². The molecule has 0 radical (unpaired) electrons. The molecular weight excluding hydrogens is 238 g/mol. The van der Waals surface area contributed by atoms with Gasteiger partial charge in [-0.3, -0.25) is 0 Å². The first-order chi connectivity index (χ1) is 9.29. The van der Waals surface area contributed by atoms with Crippen molar-refractivity contribution in [3.8, 4) is 11.8 Å². The topological polar surface area (TPSA) is 48.3 Å². The third kappa shape index (κ3) is 4.15. The van der Waals surface area contributed by atoms with Gasteiger partial charge in [-0.15, -0.1) is 0 Å². The van der Waals surface area contributed by atoms with Crippen molar-refractivity contribution in [2.24, 2.45) is 0 Å². The normalized spacial score (nSPS) is 19.7. The summed E-state index contributed by atoms with van der Waals surface area (Å²) < 4.78 is 5.22. The molecule has 1 N–H and O–H groups in total. The zero-order valence-electron chi connectivity index (χ0n) is 11.4. The van der Waals surface area contributed by atoms with Crippen molar-refractivity contribution in [2.45, 2.75) is 25.3 Å². The number of ether oxygens (including phenoxy) is 1. The summed E-state index contributed by atoms with van der Waals surface area (Å²) in [6, 6.07) is 10.4. The van der Waals surface area contributed by atoms with Crippen molar-refractivity contribution in [1.29, 1.82) is 5.26 Å². The van der Waals surface area contributed by atoms with Crippen LogP contribution in [0.25, 0.3) is 0 Å². The van der Waals surface area contributed by atoms with Crippen molar-refractivity contribution < 1.29 is 4.74 Å². The van der Waals surface area contributed by atoms with Gasteiger partial charge in [0.05, 0.1) is 0 Å². The van der Waals surface area contributed by atoms with Gasteiger partial charge in [0.2, 0.25) is 0 Å². The Kier molecular flexibility index (Phi) is 5.05. The highest BCUT2D eigenvalue weighted by Crippen LogP contribution is 2.18. The fourth-order valence-corrected chi connectivity index (χ4v) is 2.42. The highest BCUT2D eigenvalue weighted by Gasteiger charge is 2.18. The summed E-state index contributed by atoms with van der Waals surface area (Å²) in [6.07, 6.45) is 3.92. The number of nitrogens with zero attached hydrogens (tertiary/aromatic N) is 2. The van der Waals surface area contributed by atoms with Gasteiger partial charge in [0.25, 0.3) is 0 Å². The summed E-state index contributed by atoms with van der Waals surface area (Å²) in [5.41, 5.74) is 1.10. The fourth-order valence-electron chi connectivity index (χ4n) is 2.42. The van der Waals surface area contributed by atoms with E-state index in [9.17, 15) is 0 Å². The van der Waals surface area contributed by atoms with Crippen LogP contribution in [-0.4, -0.2) is 37.7 Å². The minimum absolute atomic E-state index is 0.0969. The second-order valence-electron chi connectivity index (χ2n) is 4.98. The van der Waals surface area contributed by atoms with Crippen LogP contribution in [0.4, 0.5) is 5.69 Å². The first-order valence-corrected chi connectivity index (χ1v) is 6.83. The van der Waals surface area contributed by atoms with Crippen molar-refractivity contribution >= 4 is 5.69 Å². The highest BCUT2D eigenvalue weighted by atomic mass is 16.5. The molecule has 19 heavy (non-hydrogen) atoms.